The number of phenols is 1. The van der Waals surface area contributed by atoms with E-state index in [1.54, 1.807) is 0 Å². The third kappa shape index (κ3) is 1.89. The molecule has 0 bridgehead atoms. The van der Waals surface area contributed by atoms with Crippen LogP contribution < -0.4 is 5.73 Å². The van der Waals surface area contributed by atoms with Gasteiger partial charge in [-0.2, -0.15) is 0 Å². The lowest BCUT2D eigenvalue weighted by Gasteiger charge is -2.03. The molecule has 0 aliphatic carbocycles. The molecule has 0 spiro atoms. The Labute approximate surface area is 78.9 Å². The highest BCUT2D eigenvalue weighted by Gasteiger charge is 2.16. The van der Waals surface area contributed by atoms with Crippen molar-refractivity contribution in [3.8, 4) is 5.75 Å². The number of anilines is 1. The number of aromatic hydroxyl groups is 1. The molecule has 70 valence electrons. The number of phenolic OH excluding ortho intramolecular Hbond substituents is 1. The summed E-state index contributed by atoms with van der Waals surface area (Å²) < 4.78 is 13.0. The molecule has 0 aliphatic rings. The first kappa shape index (κ1) is 9.80. The average molecular weight is 204 g/mol. The van der Waals surface area contributed by atoms with Gasteiger partial charge in [0.1, 0.15) is 11.6 Å². The first-order valence-corrected chi connectivity index (χ1v) is 3.97. The van der Waals surface area contributed by atoms with Crippen molar-refractivity contribution in [1.82, 2.24) is 0 Å². The van der Waals surface area contributed by atoms with Crippen LogP contribution >= 0.6 is 11.6 Å². The van der Waals surface area contributed by atoms with Crippen LogP contribution in [0.15, 0.2) is 12.1 Å². The van der Waals surface area contributed by atoms with Crippen LogP contribution in [-0.2, 0) is 0 Å². The van der Waals surface area contributed by atoms with Gasteiger partial charge in [0.2, 0.25) is 0 Å². The molecule has 0 aliphatic heterocycles. The van der Waals surface area contributed by atoms with Gasteiger partial charge in [-0.05, 0) is 6.07 Å². The maximum Gasteiger partial charge on any atom is 0.184 e. The van der Waals surface area contributed by atoms with E-state index in [1.165, 1.54) is 0 Å². The zero-order valence-electron chi connectivity index (χ0n) is 6.55. The summed E-state index contributed by atoms with van der Waals surface area (Å²) in [6, 6.07) is 2.06. The molecule has 1 aromatic rings. The van der Waals surface area contributed by atoms with E-state index in [0.29, 0.717) is 0 Å². The Bertz CT molecular complexity index is 331. The molecule has 0 aromatic heterocycles. The first-order chi connectivity index (χ1) is 6.06. The normalized spacial score (nSPS) is 10.0. The fourth-order valence-electron chi connectivity index (χ4n) is 0.955. The Morgan fingerprint density at radius 2 is 2.23 bits per heavy atom. The van der Waals surface area contributed by atoms with Gasteiger partial charge in [-0.3, -0.25) is 4.79 Å². The van der Waals surface area contributed by atoms with Crippen molar-refractivity contribution in [2.24, 2.45) is 0 Å². The predicted molar refractivity (Wildman–Crippen MR) is 47.5 cm³/mol. The number of halogens is 2. The molecule has 0 radical (unpaired) electrons. The molecule has 13 heavy (non-hydrogen) atoms. The Hall–Kier alpha value is -1.29. The second-order valence-corrected chi connectivity index (χ2v) is 2.72. The lowest BCUT2D eigenvalue weighted by atomic mass is 10.1. The van der Waals surface area contributed by atoms with Crippen LogP contribution in [0.2, 0.25) is 0 Å². The maximum atomic E-state index is 13.0. The molecule has 0 heterocycles. The summed E-state index contributed by atoms with van der Waals surface area (Å²) in [5.74, 6) is -2.39. The fourth-order valence-corrected chi connectivity index (χ4v) is 1.09. The minimum Gasteiger partial charge on any atom is -0.507 e. The number of benzene rings is 1. The van der Waals surface area contributed by atoms with E-state index in [2.05, 4.69) is 0 Å². The van der Waals surface area contributed by atoms with Crippen molar-refractivity contribution >= 4 is 23.1 Å². The number of rotatable bonds is 2. The fraction of sp³-hybridized carbons (Fsp3) is 0.125. The third-order valence-electron chi connectivity index (χ3n) is 1.49. The van der Waals surface area contributed by atoms with Crippen LogP contribution in [-0.4, -0.2) is 16.8 Å². The smallest absolute Gasteiger partial charge is 0.184 e. The van der Waals surface area contributed by atoms with Gasteiger partial charge in [-0.15, -0.1) is 11.6 Å². The molecule has 0 fully saturated rings. The number of carbonyl (C=O) groups is 1. The van der Waals surface area contributed by atoms with Crippen molar-refractivity contribution < 1.29 is 14.3 Å². The lowest BCUT2D eigenvalue weighted by molar-refractivity contribution is 0.101. The minimum atomic E-state index is -0.858. The predicted octanol–water partition coefficient (Wildman–Crippen LogP) is 1.53. The van der Waals surface area contributed by atoms with Gasteiger partial charge in [0.05, 0.1) is 11.4 Å². The quantitative estimate of drug-likeness (QED) is 0.435. The highest BCUT2D eigenvalue weighted by molar-refractivity contribution is 6.30. The summed E-state index contributed by atoms with van der Waals surface area (Å²) in [7, 11) is 0. The summed E-state index contributed by atoms with van der Waals surface area (Å²) >= 11 is 5.21. The Morgan fingerprint density at radius 3 is 2.69 bits per heavy atom. The molecule has 1 rings (SSSR count). The molecule has 1 aromatic carbocycles. The van der Waals surface area contributed by atoms with Crippen molar-refractivity contribution in [2.75, 3.05) is 11.6 Å². The second kappa shape index (κ2) is 3.62. The number of carbonyl (C=O) groups excluding carboxylic acids is 1. The topological polar surface area (TPSA) is 63.3 Å². The van der Waals surface area contributed by atoms with Crippen molar-refractivity contribution in [3.63, 3.8) is 0 Å². The molecule has 0 unspecified atom stereocenters. The average Bonchev–Trinajstić information content (AvgIpc) is 2.02. The number of ketones is 1. The maximum absolute atomic E-state index is 13.0. The zero-order chi connectivity index (χ0) is 10.0. The van der Waals surface area contributed by atoms with Gasteiger partial charge in [-0.1, -0.05) is 0 Å². The van der Waals surface area contributed by atoms with Crippen LogP contribution in [0.3, 0.4) is 0 Å². The molecule has 0 saturated carbocycles. The van der Waals surface area contributed by atoms with Crippen LogP contribution in [0, 0.1) is 5.82 Å². The van der Waals surface area contributed by atoms with Crippen LogP contribution in [0.1, 0.15) is 10.4 Å². The van der Waals surface area contributed by atoms with Crippen molar-refractivity contribution in [2.45, 2.75) is 0 Å². The summed E-state index contributed by atoms with van der Waals surface area (Å²) in [6.45, 7) is 0. The van der Waals surface area contributed by atoms with E-state index in [9.17, 15) is 14.3 Å². The summed E-state index contributed by atoms with van der Waals surface area (Å²) in [4.78, 5) is 11.0. The van der Waals surface area contributed by atoms with Crippen LogP contribution in [0.5, 0.6) is 5.75 Å². The Kier molecular flexibility index (Phi) is 2.72. The van der Waals surface area contributed by atoms with Gasteiger partial charge in [0, 0.05) is 11.8 Å². The Balaban J connectivity index is 3.28. The van der Waals surface area contributed by atoms with E-state index < -0.39 is 22.9 Å². The highest BCUT2D eigenvalue weighted by atomic mass is 35.5. The molecular formula is C8H7ClFNO2. The number of hydrogen-bond acceptors (Lipinski definition) is 3. The number of Topliss-reactive ketones (excluding diaryl/α,β-unsaturated/α-hetero) is 1. The van der Waals surface area contributed by atoms with E-state index in [1.807, 2.05) is 0 Å². The zero-order valence-corrected chi connectivity index (χ0v) is 7.31. The largest absolute Gasteiger partial charge is 0.507 e. The van der Waals surface area contributed by atoms with Crippen molar-refractivity contribution in [3.05, 3.63) is 23.5 Å². The van der Waals surface area contributed by atoms with E-state index in [-0.39, 0.29) is 11.6 Å². The Morgan fingerprint density at radius 1 is 1.62 bits per heavy atom. The van der Waals surface area contributed by atoms with Gasteiger partial charge < -0.3 is 10.8 Å². The van der Waals surface area contributed by atoms with E-state index in [4.69, 9.17) is 17.3 Å². The monoisotopic (exact) mass is 203 g/mol. The molecule has 5 heteroatoms. The van der Waals surface area contributed by atoms with Gasteiger partial charge >= 0.3 is 0 Å². The van der Waals surface area contributed by atoms with Gasteiger partial charge in [-0.25, -0.2) is 4.39 Å². The summed E-state index contributed by atoms with van der Waals surface area (Å²) in [6.07, 6.45) is 0. The van der Waals surface area contributed by atoms with Crippen LogP contribution in [0.4, 0.5) is 10.1 Å². The lowest BCUT2D eigenvalue weighted by Crippen LogP contribution is -2.05. The SMILES string of the molecule is Nc1cc(O)c(C(=O)CCl)c(F)c1. The van der Waals surface area contributed by atoms with E-state index >= 15 is 0 Å². The third-order valence-corrected chi connectivity index (χ3v) is 1.73. The standard InChI is InChI=1S/C8H7ClFNO2/c9-3-7(13)8-5(10)1-4(11)2-6(8)12/h1-2,12H,3,11H2. The molecule has 0 amide bonds. The molecule has 0 saturated heterocycles. The second-order valence-electron chi connectivity index (χ2n) is 2.45. The molecular weight excluding hydrogens is 197 g/mol. The molecule has 3 nitrogen and oxygen atoms in total. The van der Waals surface area contributed by atoms with Gasteiger partial charge in [0.25, 0.3) is 0 Å². The summed E-state index contributed by atoms with van der Waals surface area (Å²) in [5, 5.41) is 9.17. The van der Waals surface area contributed by atoms with E-state index in [0.717, 1.165) is 12.1 Å². The molecule has 0 atom stereocenters. The number of alkyl halides is 1. The highest BCUT2D eigenvalue weighted by Crippen LogP contribution is 2.24. The first-order valence-electron chi connectivity index (χ1n) is 3.43. The van der Waals surface area contributed by atoms with Crippen molar-refractivity contribution in [1.29, 1.82) is 0 Å². The minimum absolute atomic E-state index is 0.0566. The molecule has 3 N–H and O–H groups in total. The summed E-state index contributed by atoms with van der Waals surface area (Å²) in [5.41, 5.74) is 4.87. The number of nitrogen functional groups attached to an aromatic ring is 1. The van der Waals surface area contributed by atoms with Crippen LogP contribution in [0.25, 0.3) is 0 Å². The number of hydrogen-bond donors (Lipinski definition) is 2. The van der Waals surface area contributed by atoms with Gasteiger partial charge in [0.15, 0.2) is 5.78 Å². The number of nitrogens with two attached hydrogens (primary N) is 1.